The van der Waals surface area contributed by atoms with E-state index in [9.17, 15) is 4.79 Å². The molecule has 0 aromatic carbocycles. The lowest BCUT2D eigenvalue weighted by Gasteiger charge is -2.06. The molecule has 2 aromatic heterocycles. The number of carboxylic acid groups (broad SMARTS) is 1. The van der Waals surface area contributed by atoms with Crippen molar-refractivity contribution in [2.24, 2.45) is 7.05 Å². The lowest BCUT2D eigenvalue weighted by Crippen LogP contribution is -2.04. The van der Waals surface area contributed by atoms with Crippen molar-refractivity contribution in [1.29, 1.82) is 0 Å². The molecule has 0 aliphatic rings. The Balaban J connectivity index is 1.75. The Kier molecular flexibility index (Phi) is 4.92. The minimum absolute atomic E-state index is 0.266. The second-order valence-corrected chi connectivity index (χ2v) is 4.87. The van der Waals surface area contributed by atoms with E-state index in [1.165, 1.54) is 0 Å². The van der Waals surface area contributed by atoms with Crippen LogP contribution in [0.3, 0.4) is 0 Å². The van der Waals surface area contributed by atoms with E-state index in [2.05, 4.69) is 15.3 Å². The zero-order valence-electron chi connectivity index (χ0n) is 11.7. The average Bonchev–Trinajstić information content (AvgIpc) is 2.80. The summed E-state index contributed by atoms with van der Waals surface area (Å²) in [6, 6.07) is 1.94. The SMILES string of the molecule is Cn1cnc2c(NCCCCCCC(=O)O)nccc21. The van der Waals surface area contributed by atoms with Gasteiger partial charge < -0.3 is 15.0 Å². The lowest BCUT2D eigenvalue weighted by molar-refractivity contribution is -0.137. The van der Waals surface area contributed by atoms with E-state index in [-0.39, 0.29) is 6.42 Å². The predicted molar refractivity (Wildman–Crippen MR) is 77.7 cm³/mol. The number of nitrogens with one attached hydrogen (secondary N) is 1. The molecular weight excluding hydrogens is 256 g/mol. The van der Waals surface area contributed by atoms with E-state index >= 15 is 0 Å². The largest absolute Gasteiger partial charge is 0.481 e. The van der Waals surface area contributed by atoms with Crippen LogP contribution in [0, 0.1) is 0 Å². The molecule has 0 aliphatic heterocycles. The molecule has 0 atom stereocenters. The fourth-order valence-corrected chi connectivity index (χ4v) is 2.15. The summed E-state index contributed by atoms with van der Waals surface area (Å²) in [5, 5.41) is 11.8. The van der Waals surface area contributed by atoms with E-state index in [1.807, 2.05) is 17.7 Å². The summed E-state index contributed by atoms with van der Waals surface area (Å²) in [7, 11) is 1.96. The van der Waals surface area contributed by atoms with Crippen LogP contribution in [-0.2, 0) is 11.8 Å². The van der Waals surface area contributed by atoms with Gasteiger partial charge in [0, 0.05) is 26.2 Å². The third-order valence-electron chi connectivity index (χ3n) is 3.25. The molecule has 20 heavy (non-hydrogen) atoms. The first-order valence-corrected chi connectivity index (χ1v) is 6.90. The number of hydrogen-bond acceptors (Lipinski definition) is 4. The topological polar surface area (TPSA) is 80.0 Å². The number of carboxylic acids is 1. The number of fused-ring (bicyclic) bond motifs is 1. The highest BCUT2D eigenvalue weighted by Crippen LogP contribution is 2.18. The second-order valence-electron chi connectivity index (χ2n) is 4.87. The van der Waals surface area contributed by atoms with E-state index in [0.717, 1.165) is 49.1 Å². The molecule has 6 nitrogen and oxygen atoms in total. The Morgan fingerprint density at radius 3 is 2.90 bits per heavy atom. The molecule has 2 rings (SSSR count). The molecule has 2 heterocycles. The van der Waals surface area contributed by atoms with Crippen molar-refractivity contribution in [1.82, 2.24) is 14.5 Å². The Hall–Kier alpha value is -2.11. The number of aromatic nitrogens is 3. The maximum Gasteiger partial charge on any atom is 0.303 e. The zero-order chi connectivity index (χ0) is 14.4. The molecular formula is C14H20N4O2. The quantitative estimate of drug-likeness (QED) is 0.724. The zero-order valence-corrected chi connectivity index (χ0v) is 11.7. The van der Waals surface area contributed by atoms with Gasteiger partial charge in [-0.25, -0.2) is 9.97 Å². The molecule has 0 saturated heterocycles. The number of hydrogen-bond donors (Lipinski definition) is 2. The van der Waals surface area contributed by atoms with Gasteiger partial charge in [-0.15, -0.1) is 0 Å². The van der Waals surface area contributed by atoms with E-state index < -0.39 is 5.97 Å². The number of anilines is 1. The number of nitrogens with zero attached hydrogens (tertiary/aromatic N) is 3. The van der Waals surface area contributed by atoms with E-state index in [0.29, 0.717) is 0 Å². The summed E-state index contributed by atoms with van der Waals surface area (Å²) in [6.45, 7) is 0.829. The van der Waals surface area contributed by atoms with Crippen molar-refractivity contribution in [3.63, 3.8) is 0 Å². The normalized spacial score (nSPS) is 10.8. The van der Waals surface area contributed by atoms with Crippen molar-refractivity contribution < 1.29 is 9.90 Å². The van der Waals surface area contributed by atoms with Crippen molar-refractivity contribution in [2.45, 2.75) is 32.1 Å². The standard InChI is InChI=1S/C14H20N4O2/c1-18-10-17-13-11(18)7-9-16-14(13)15-8-5-3-2-4-6-12(19)20/h7,9-10H,2-6,8H2,1H3,(H,15,16)(H,19,20). The Labute approximate surface area is 117 Å². The number of unbranched alkanes of at least 4 members (excludes halogenated alkanes) is 3. The van der Waals surface area contributed by atoms with Gasteiger partial charge in [0.15, 0.2) is 5.82 Å². The summed E-state index contributed by atoms with van der Waals surface area (Å²) in [6.07, 6.45) is 7.56. The lowest BCUT2D eigenvalue weighted by atomic mass is 10.1. The van der Waals surface area contributed by atoms with Gasteiger partial charge in [-0.3, -0.25) is 4.79 Å². The number of imidazole rings is 1. The van der Waals surface area contributed by atoms with Crippen LogP contribution in [0.2, 0.25) is 0 Å². The molecule has 0 amide bonds. The Bertz CT molecular complexity index is 580. The predicted octanol–water partition coefficient (Wildman–Crippen LogP) is 2.42. The molecule has 0 aliphatic carbocycles. The fourth-order valence-electron chi connectivity index (χ4n) is 2.15. The summed E-state index contributed by atoms with van der Waals surface area (Å²) in [5.74, 6) is 0.0998. The van der Waals surface area contributed by atoms with Crippen LogP contribution in [-0.4, -0.2) is 32.2 Å². The van der Waals surface area contributed by atoms with Gasteiger partial charge in [0.1, 0.15) is 5.52 Å². The van der Waals surface area contributed by atoms with Crippen LogP contribution in [0.25, 0.3) is 11.0 Å². The third-order valence-corrected chi connectivity index (χ3v) is 3.25. The van der Waals surface area contributed by atoms with Gasteiger partial charge in [-0.2, -0.15) is 0 Å². The van der Waals surface area contributed by atoms with E-state index in [1.54, 1.807) is 12.5 Å². The monoisotopic (exact) mass is 276 g/mol. The maximum atomic E-state index is 10.4. The number of aliphatic carboxylic acids is 1. The third kappa shape index (κ3) is 3.69. The van der Waals surface area contributed by atoms with Crippen molar-refractivity contribution >= 4 is 22.8 Å². The molecule has 0 bridgehead atoms. The summed E-state index contributed by atoms with van der Waals surface area (Å²) in [5.41, 5.74) is 1.95. The smallest absolute Gasteiger partial charge is 0.303 e. The molecule has 0 saturated carbocycles. The van der Waals surface area contributed by atoms with Gasteiger partial charge in [0.2, 0.25) is 0 Å². The molecule has 2 N–H and O–H groups in total. The molecule has 2 aromatic rings. The fraction of sp³-hybridized carbons (Fsp3) is 0.500. The number of carbonyl (C=O) groups is 1. The molecule has 6 heteroatoms. The highest BCUT2D eigenvalue weighted by molar-refractivity contribution is 5.85. The highest BCUT2D eigenvalue weighted by Gasteiger charge is 2.05. The maximum absolute atomic E-state index is 10.4. The first kappa shape index (κ1) is 14.3. The first-order chi connectivity index (χ1) is 9.68. The summed E-state index contributed by atoms with van der Waals surface area (Å²) < 4.78 is 1.97. The minimum atomic E-state index is -0.714. The summed E-state index contributed by atoms with van der Waals surface area (Å²) >= 11 is 0. The molecule has 0 fully saturated rings. The van der Waals surface area contributed by atoms with Gasteiger partial charge in [0.05, 0.1) is 11.8 Å². The van der Waals surface area contributed by atoms with Crippen molar-refractivity contribution in [2.75, 3.05) is 11.9 Å². The molecule has 0 unspecified atom stereocenters. The Morgan fingerprint density at radius 2 is 2.10 bits per heavy atom. The number of pyridine rings is 1. The average molecular weight is 276 g/mol. The van der Waals surface area contributed by atoms with Crippen LogP contribution < -0.4 is 5.32 Å². The van der Waals surface area contributed by atoms with Crippen LogP contribution in [0.4, 0.5) is 5.82 Å². The molecule has 108 valence electrons. The van der Waals surface area contributed by atoms with Gasteiger partial charge in [-0.1, -0.05) is 12.8 Å². The molecule has 0 radical (unpaired) electrons. The molecule has 0 spiro atoms. The number of aryl methyl sites for hydroxylation is 1. The van der Waals surface area contributed by atoms with Gasteiger partial charge in [-0.05, 0) is 18.9 Å². The first-order valence-electron chi connectivity index (χ1n) is 6.90. The van der Waals surface area contributed by atoms with Crippen molar-refractivity contribution in [3.05, 3.63) is 18.6 Å². The van der Waals surface area contributed by atoms with Gasteiger partial charge in [0.25, 0.3) is 0 Å². The van der Waals surface area contributed by atoms with Crippen LogP contribution in [0.5, 0.6) is 0 Å². The van der Waals surface area contributed by atoms with Crippen molar-refractivity contribution in [3.8, 4) is 0 Å². The minimum Gasteiger partial charge on any atom is -0.481 e. The van der Waals surface area contributed by atoms with Crippen LogP contribution >= 0.6 is 0 Å². The van der Waals surface area contributed by atoms with Gasteiger partial charge >= 0.3 is 5.97 Å². The van der Waals surface area contributed by atoms with Crippen LogP contribution in [0.15, 0.2) is 18.6 Å². The van der Waals surface area contributed by atoms with Crippen LogP contribution in [0.1, 0.15) is 32.1 Å². The number of rotatable bonds is 8. The van der Waals surface area contributed by atoms with E-state index in [4.69, 9.17) is 5.11 Å². The highest BCUT2D eigenvalue weighted by atomic mass is 16.4. The Morgan fingerprint density at radius 1 is 1.30 bits per heavy atom. The second kappa shape index (κ2) is 6.88. The summed E-state index contributed by atoms with van der Waals surface area (Å²) in [4.78, 5) is 19.0.